The third-order valence-corrected chi connectivity index (χ3v) is 4.74. The van der Waals surface area contributed by atoms with E-state index in [4.69, 9.17) is 4.74 Å². The van der Waals surface area contributed by atoms with Crippen molar-refractivity contribution in [3.05, 3.63) is 41.6 Å². The fourth-order valence-corrected chi connectivity index (χ4v) is 3.32. The van der Waals surface area contributed by atoms with E-state index in [1.54, 1.807) is 6.07 Å². The Morgan fingerprint density at radius 1 is 1.15 bits per heavy atom. The maximum absolute atomic E-state index is 12.3. The van der Waals surface area contributed by atoms with Crippen LogP contribution in [0, 0.1) is 0 Å². The van der Waals surface area contributed by atoms with E-state index in [-0.39, 0.29) is 11.9 Å². The van der Waals surface area contributed by atoms with Crippen molar-refractivity contribution >= 4 is 5.91 Å². The highest BCUT2D eigenvalue weighted by atomic mass is 16.5. The number of carbonyl (C=O) groups excluding carboxylic acids is 1. The van der Waals surface area contributed by atoms with Crippen molar-refractivity contribution in [3.8, 4) is 17.0 Å². The molecule has 2 aliphatic rings. The lowest BCUT2D eigenvalue weighted by Gasteiger charge is -2.23. The summed E-state index contributed by atoms with van der Waals surface area (Å²) in [5.41, 5.74) is 3.16. The van der Waals surface area contributed by atoms with E-state index in [0.717, 1.165) is 61.6 Å². The number of aromatic nitrogens is 2. The van der Waals surface area contributed by atoms with E-state index in [1.165, 1.54) is 0 Å². The van der Waals surface area contributed by atoms with Gasteiger partial charge in [0.1, 0.15) is 12.4 Å². The van der Waals surface area contributed by atoms with Gasteiger partial charge in [0, 0.05) is 36.8 Å². The Kier molecular flexibility index (Phi) is 5.08. The highest BCUT2D eigenvalue weighted by Gasteiger charge is 2.18. The summed E-state index contributed by atoms with van der Waals surface area (Å²) in [6.07, 6.45) is 2.07. The highest BCUT2D eigenvalue weighted by molar-refractivity contribution is 5.92. The van der Waals surface area contributed by atoms with E-state index < -0.39 is 0 Å². The summed E-state index contributed by atoms with van der Waals surface area (Å²) in [5, 5.41) is 18.0. The molecule has 3 heterocycles. The molecule has 1 saturated heterocycles. The lowest BCUT2D eigenvalue weighted by atomic mass is 10.1. The van der Waals surface area contributed by atoms with E-state index in [9.17, 15) is 4.79 Å². The van der Waals surface area contributed by atoms with Gasteiger partial charge in [-0.3, -0.25) is 4.79 Å². The molecule has 3 N–H and O–H groups in total. The van der Waals surface area contributed by atoms with Crippen LogP contribution in [-0.2, 0) is 6.54 Å². The summed E-state index contributed by atoms with van der Waals surface area (Å²) in [5.74, 6) is 0.737. The van der Waals surface area contributed by atoms with Gasteiger partial charge in [-0.15, -0.1) is 10.2 Å². The number of nitrogens with one attached hydrogen (secondary N) is 3. The molecule has 1 amide bonds. The Hall–Kier alpha value is -2.51. The van der Waals surface area contributed by atoms with Crippen molar-refractivity contribution in [2.75, 3.05) is 26.2 Å². The predicted octanol–water partition coefficient (Wildman–Crippen LogP) is 1.11. The summed E-state index contributed by atoms with van der Waals surface area (Å²) in [6.45, 7) is 4.10. The second-order valence-corrected chi connectivity index (χ2v) is 6.67. The molecular formula is C19H23N5O2. The number of hydrogen-bond donors (Lipinski definition) is 3. The molecule has 4 rings (SSSR count). The number of hydrogen-bond acceptors (Lipinski definition) is 6. The maximum Gasteiger partial charge on any atom is 0.272 e. The first-order chi connectivity index (χ1) is 12.8. The molecule has 2 aromatic rings. The lowest BCUT2D eigenvalue weighted by molar-refractivity contribution is 0.0924. The molecule has 0 bridgehead atoms. The second kappa shape index (κ2) is 7.80. The highest BCUT2D eigenvalue weighted by Crippen LogP contribution is 2.26. The van der Waals surface area contributed by atoms with Crippen molar-refractivity contribution in [1.29, 1.82) is 0 Å². The van der Waals surface area contributed by atoms with Gasteiger partial charge in [0.25, 0.3) is 5.91 Å². The SMILES string of the molecule is O=C(NC1CCCNC1)c1ccc(-c2ccc3c(c2)CNCCO3)nn1. The molecular weight excluding hydrogens is 330 g/mol. The summed E-state index contributed by atoms with van der Waals surface area (Å²) in [4.78, 5) is 12.3. The zero-order chi connectivity index (χ0) is 17.8. The average Bonchev–Trinajstić information content (AvgIpc) is 2.93. The Morgan fingerprint density at radius 2 is 2.12 bits per heavy atom. The third kappa shape index (κ3) is 3.84. The van der Waals surface area contributed by atoms with Crippen LogP contribution in [0.15, 0.2) is 30.3 Å². The van der Waals surface area contributed by atoms with E-state index in [0.29, 0.717) is 12.3 Å². The Bertz CT molecular complexity index is 772. The molecule has 1 fully saturated rings. The lowest BCUT2D eigenvalue weighted by Crippen LogP contribution is -2.45. The fraction of sp³-hybridized carbons (Fsp3) is 0.421. The first kappa shape index (κ1) is 16.9. The van der Waals surface area contributed by atoms with Gasteiger partial charge >= 0.3 is 0 Å². The number of fused-ring (bicyclic) bond motifs is 1. The van der Waals surface area contributed by atoms with Gasteiger partial charge in [0.15, 0.2) is 5.69 Å². The zero-order valence-electron chi connectivity index (χ0n) is 14.6. The molecule has 1 aromatic carbocycles. The molecule has 136 valence electrons. The van der Waals surface area contributed by atoms with Crippen LogP contribution in [0.5, 0.6) is 5.75 Å². The Balaban J connectivity index is 1.47. The molecule has 1 unspecified atom stereocenters. The number of piperidine rings is 1. The van der Waals surface area contributed by atoms with Gasteiger partial charge in [-0.05, 0) is 49.7 Å². The van der Waals surface area contributed by atoms with Crippen LogP contribution < -0.4 is 20.7 Å². The average molecular weight is 353 g/mol. The molecule has 0 radical (unpaired) electrons. The van der Waals surface area contributed by atoms with Crippen molar-refractivity contribution in [3.63, 3.8) is 0 Å². The van der Waals surface area contributed by atoms with Crippen LogP contribution in [-0.4, -0.2) is 48.4 Å². The number of benzene rings is 1. The summed E-state index contributed by atoms with van der Waals surface area (Å²) in [6, 6.07) is 9.74. The third-order valence-electron chi connectivity index (χ3n) is 4.74. The minimum absolute atomic E-state index is 0.162. The van der Waals surface area contributed by atoms with Crippen LogP contribution in [0.1, 0.15) is 28.9 Å². The van der Waals surface area contributed by atoms with Gasteiger partial charge in [-0.2, -0.15) is 0 Å². The van der Waals surface area contributed by atoms with Crippen LogP contribution in [0.3, 0.4) is 0 Å². The van der Waals surface area contributed by atoms with Gasteiger partial charge in [-0.25, -0.2) is 0 Å². The monoisotopic (exact) mass is 353 g/mol. The molecule has 0 aliphatic carbocycles. The summed E-state index contributed by atoms with van der Waals surface area (Å²) >= 11 is 0. The Morgan fingerprint density at radius 3 is 2.92 bits per heavy atom. The van der Waals surface area contributed by atoms with Crippen LogP contribution in [0.4, 0.5) is 0 Å². The fourth-order valence-electron chi connectivity index (χ4n) is 3.32. The zero-order valence-corrected chi connectivity index (χ0v) is 14.6. The molecule has 7 heteroatoms. The topological polar surface area (TPSA) is 88.2 Å². The summed E-state index contributed by atoms with van der Waals surface area (Å²) < 4.78 is 5.71. The first-order valence-corrected chi connectivity index (χ1v) is 9.12. The van der Waals surface area contributed by atoms with E-state index >= 15 is 0 Å². The van der Waals surface area contributed by atoms with E-state index in [1.807, 2.05) is 18.2 Å². The van der Waals surface area contributed by atoms with Gasteiger partial charge in [0.2, 0.25) is 0 Å². The molecule has 0 saturated carbocycles. The van der Waals surface area contributed by atoms with Crippen molar-refractivity contribution in [2.45, 2.75) is 25.4 Å². The van der Waals surface area contributed by atoms with Crippen LogP contribution >= 0.6 is 0 Å². The number of carbonyl (C=O) groups is 1. The smallest absolute Gasteiger partial charge is 0.272 e. The normalized spacial score (nSPS) is 19.8. The van der Waals surface area contributed by atoms with Crippen molar-refractivity contribution in [2.24, 2.45) is 0 Å². The van der Waals surface area contributed by atoms with E-state index in [2.05, 4.69) is 32.2 Å². The quantitative estimate of drug-likeness (QED) is 0.766. The van der Waals surface area contributed by atoms with Crippen molar-refractivity contribution < 1.29 is 9.53 Å². The number of rotatable bonds is 3. The molecule has 26 heavy (non-hydrogen) atoms. The molecule has 7 nitrogen and oxygen atoms in total. The van der Waals surface area contributed by atoms with Gasteiger partial charge in [0.05, 0.1) is 5.69 Å². The van der Waals surface area contributed by atoms with Crippen molar-refractivity contribution in [1.82, 2.24) is 26.1 Å². The molecule has 0 spiro atoms. The minimum atomic E-state index is -0.169. The molecule has 1 aromatic heterocycles. The summed E-state index contributed by atoms with van der Waals surface area (Å²) in [7, 11) is 0. The van der Waals surface area contributed by atoms with Gasteiger partial charge < -0.3 is 20.7 Å². The standard InChI is InChI=1S/C19H23N5O2/c25-19(22-15-2-1-7-20-12-15)17-5-4-16(23-24-17)13-3-6-18-14(10-13)11-21-8-9-26-18/h3-6,10,15,20-21H,1-2,7-9,11-12H2,(H,22,25). The maximum atomic E-state index is 12.3. The predicted molar refractivity (Wildman–Crippen MR) is 98.0 cm³/mol. The largest absolute Gasteiger partial charge is 0.492 e. The molecule has 1 atom stereocenters. The van der Waals surface area contributed by atoms with Crippen LogP contribution in [0.2, 0.25) is 0 Å². The minimum Gasteiger partial charge on any atom is -0.492 e. The van der Waals surface area contributed by atoms with Crippen LogP contribution in [0.25, 0.3) is 11.3 Å². The molecule has 2 aliphatic heterocycles. The first-order valence-electron chi connectivity index (χ1n) is 9.12. The number of amides is 1. The number of nitrogens with zero attached hydrogens (tertiary/aromatic N) is 2. The number of ether oxygens (including phenoxy) is 1. The van der Waals surface area contributed by atoms with Gasteiger partial charge in [-0.1, -0.05) is 0 Å². The Labute approximate surface area is 152 Å². The second-order valence-electron chi connectivity index (χ2n) is 6.67.